The molecule has 0 saturated carbocycles. The van der Waals surface area contributed by atoms with Gasteiger partial charge in [0.25, 0.3) is 0 Å². The second-order valence-corrected chi connectivity index (χ2v) is 8.11. The van der Waals surface area contributed by atoms with Gasteiger partial charge in [0.1, 0.15) is 5.60 Å². The van der Waals surface area contributed by atoms with Crippen LogP contribution in [0.3, 0.4) is 0 Å². The summed E-state index contributed by atoms with van der Waals surface area (Å²) in [4.78, 5) is 16.6. The third-order valence-corrected chi connectivity index (χ3v) is 5.18. The molecular weight excluding hydrogens is 294 g/mol. The second-order valence-electron chi connectivity index (χ2n) is 8.11. The minimum absolute atomic E-state index is 0.0198. The van der Waals surface area contributed by atoms with E-state index in [1.54, 1.807) is 0 Å². The minimum Gasteiger partial charge on any atom is -0.444 e. The van der Waals surface area contributed by atoms with E-state index < -0.39 is 5.60 Å². The Hall–Kier alpha value is -0.850. The van der Waals surface area contributed by atoms with E-state index in [9.17, 15) is 4.79 Å². The third-order valence-electron chi connectivity index (χ3n) is 5.18. The number of ether oxygens (including phenoxy) is 2. The zero-order valence-corrected chi connectivity index (χ0v) is 14.8. The van der Waals surface area contributed by atoms with Crippen molar-refractivity contribution in [2.75, 3.05) is 45.9 Å². The van der Waals surface area contributed by atoms with E-state index >= 15 is 0 Å². The molecule has 1 amide bonds. The standard InChI is InChI=1S/C17H31N3O3/c1-16(2,3)23-15(21)20-8-4-17(5-9-20)12-14(13-22-17)19-10-6-18-7-11-19/h14,18H,4-13H2,1-3H3/t14-/m0/s1. The first-order valence-corrected chi connectivity index (χ1v) is 8.94. The molecule has 0 aromatic heterocycles. The summed E-state index contributed by atoms with van der Waals surface area (Å²) in [7, 11) is 0. The predicted octanol–water partition coefficient (Wildman–Crippen LogP) is 1.45. The van der Waals surface area contributed by atoms with Crippen LogP contribution >= 0.6 is 0 Å². The van der Waals surface area contributed by atoms with Crippen LogP contribution in [0.2, 0.25) is 0 Å². The Kier molecular flexibility index (Phi) is 4.85. The summed E-state index contributed by atoms with van der Waals surface area (Å²) in [5.41, 5.74) is -0.447. The van der Waals surface area contributed by atoms with Crippen LogP contribution in [0, 0.1) is 0 Å². The van der Waals surface area contributed by atoms with Crippen LogP contribution in [0.5, 0.6) is 0 Å². The van der Waals surface area contributed by atoms with Gasteiger partial charge in [0.05, 0.1) is 12.2 Å². The predicted molar refractivity (Wildman–Crippen MR) is 88.6 cm³/mol. The Balaban J connectivity index is 1.49. The van der Waals surface area contributed by atoms with Crippen LogP contribution in [0.25, 0.3) is 0 Å². The number of carbonyl (C=O) groups excluding carboxylic acids is 1. The lowest BCUT2D eigenvalue weighted by atomic mass is 9.87. The van der Waals surface area contributed by atoms with Crippen LogP contribution in [-0.2, 0) is 9.47 Å². The third kappa shape index (κ3) is 4.17. The molecule has 0 aromatic carbocycles. The van der Waals surface area contributed by atoms with Crippen molar-refractivity contribution in [2.45, 2.75) is 57.3 Å². The van der Waals surface area contributed by atoms with E-state index in [-0.39, 0.29) is 11.7 Å². The highest BCUT2D eigenvalue weighted by atomic mass is 16.6. The topological polar surface area (TPSA) is 54.0 Å². The molecule has 3 saturated heterocycles. The highest BCUT2D eigenvalue weighted by Gasteiger charge is 2.45. The lowest BCUT2D eigenvalue weighted by Crippen LogP contribution is -2.50. The number of piperidine rings is 1. The summed E-state index contributed by atoms with van der Waals surface area (Å²) in [6.07, 6.45) is 2.77. The second kappa shape index (κ2) is 6.57. The Morgan fingerprint density at radius 3 is 2.43 bits per heavy atom. The van der Waals surface area contributed by atoms with Crippen LogP contribution in [0.15, 0.2) is 0 Å². The van der Waals surface area contributed by atoms with Crippen LogP contribution in [-0.4, -0.2) is 79.0 Å². The van der Waals surface area contributed by atoms with Crippen LogP contribution in [0.1, 0.15) is 40.0 Å². The monoisotopic (exact) mass is 325 g/mol. The molecule has 0 unspecified atom stereocenters. The molecule has 3 heterocycles. The molecule has 0 radical (unpaired) electrons. The van der Waals surface area contributed by atoms with Gasteiger partial charge in [-0.25, -0.2) is 4.79 Å². The molecule has 0 aromatic rings. The Morgan fingerprint density at radius 2 is 1.83 bits per heavy atom. The van der Waals surface area contributed by atoms with Gasteiger partial charge in [0.2, 0.25) is 0 Å². The SMILES string of the molecule is CC(C)(C)OC(=O)N1CCC2(CC1)C[C@H](N1CCNCC1)CO2. The van der Waals surface area contributed by atoms with Crippen molar-refractivity contribution < 1.29 is 14.3 Å². The Labute approximate surface area is 139 Å². The molecule has 23 heavy (non-hydrogen) atoms. The maximum atomic E-state index is 12.2. The molecule has 6 heteroatoms. The smallest absolute Gasteiger partial charge is 0.410 e. The normalized spacial score (nSPS) is 29.0. The maximum Gasteiger partial charge on any atom is 0.410 e. The molecule has 3 aliphatic rings. The van der Waals surface area contributed by atoms with Crippen molar-refractivity contribution in [3.8, 4) is 0 Å². The quantitative estimate of drug-likeness (QED) is 0.791. The number of hydrogen-bond acceptors (Lipinski definition) is 5. The van der Waals surface area contributed by atoms with E-state index in [2.05, 4.69) is 10.2 Å². The van der Waals surface area contributed by atoms with Gasteiger partial charge < -0.3 is 19.7 Å². The average molecular weight is 325 g/mol. The van der Waals surface area contributed by atoms with Crippen molar-refractivity contribution in [3.63, 3.8) is 0 Å². The first-order valence-electron chi connectivity index (χ1n) is 8.94. The number of hydrogen-bond donors (Lipinski definition) is 1. The number of rotatable bonds is 1. The zero-order chi connectivity index (χ0) is 16.5. The molecule has 3 aliphatic heterocycles. The molecule has 6 nitrogen and oxygen atoms in total. The van der Waals surface area contributed by atoms with Crippen LogP contribution < -0.4 is 5.32 Å². The van der Waals surface area contributed by atoms with Crippen molar-refractivity contribution >= 4 is 6.09 Å². The van der Waals surface area contributed by atoms with Crippen molar-refractivity contribution in [1.82, 2.24) is 15.1 Å². The number of carbonyl (C=O) groups is 1. The molecular formula is C17H31N3O3. The Bertz CT molecular complexity index is 421. The maximum absolute atomic E-state index is 12.2. The first kappa shape index (κ1) is 17.0. The van der Waals surface area contributed by atoms with Gasteiger partial charge in [-0.1, -0.05) is 0 Å². The van der Waals surface area contributed by atoms with Gasteiger partial charge >= 0.3 is 6.09 Å². The molecule has 132 valence electrons. The van der Waals surface area contributed by atoms with E-state index in [4.69, 9.17) is 9.47 Å². The number of nitrogens with one attached hydrogen (secondary N) is 1. The van der Waals surface area contributed by atoms with Gasteiger partial charge in [-0.2, -0.15) is 0 Å². The molecule has 0 bridgehead atoms. The highest BCUT2D eigenvalue weighted by Crippen LogP contribution is 2.38. The van der Waals surface area contributed by atoms with Crippen molar-refractivity contribution in [3.05, 3.63) is 0 Å². The number of nitrogens with zero attached hydrogens (tertiary/aromatic N) is 2. The largest absolute Gasteiger partial charge is 0.444 e. The van der Waals surface area contributed by atoms with Gasteiger partial charge in [-0.05, 0) is 40.0 Å². The fraction of sp³-hybridized carbons (Fsp3) is 0.941. The average Bonchev–Trinajstić information content (AvgIpc) is 2.91. The molecule has 0 aliphatic carbocycles. The van der Waals surface area contributed by atoms with Crippen LogP contribution in [0.4, 0.5) is 4.79 Å². The molecule has 1 atom stereocenters. The highest BCUT2D eigenvalue weighted by molar-refractivity contribution is 5.68. The summed E-state index contributed by atoms with van der Waals surface area (Å²) < 4.78 is 11.7. The summed E-state index contributed by atoms with van der Waals surface area (Å²) in [6, 6.07) is 0.546. The van der Waals surface area contributed by atoms with Gasteiger partial charge in [-0.3, -0.25) is 4.90 Å². The fourth-order valence-corrected chi connectivity index (χ4v) is 3.87. The summed E-state index contributed by atoms with van der Waals surface area (Å²) in [5, 5.41) is 3.41. The summed E-state index contributed by atoms with van der Waals surface area (Å²) in [5.74, 6) is 0. The summed E-state index contributed by atoms with van der Waals surface area (Å²) in [6.45, 7) is 12.4. The summed E-state index contributed by atoms with van der Waals surface area (Å²) >= 11 is 0. The lowest BCUT2D eigenvalue weighted by molar-refractivity contribution is -0.0489. The minimum atomic E-state index is -0.427. The molecule has 1 N–H and O–H groups in total. The molecule has 1 spiro atoms. The van der Waals surface area contributed by atoms with Gasteiger partial charge in [0.15, 0.2) is 0 Å². The zero-order valence-electron chi connectivity index (χ0n) is 14.8. The number of likely N-dealkylation sites (tertiary alicyclic amines) is 1. The van der Waals surface area contributed by atoms with E-state index in [1.165, 1.54) is 0 Å². The Morgan fingerprint density at radius 1 is 1.17 bits per heavy atom. The molecule has 3 rings (SSSR count). The molecule has 3 fully saturated rings. The van der Waals surface area contributed by atoms with E-state index in [1.807, 2.05) is 25.7 Å². The fourth-order valence-electron chi connectivity index (χ4n) is 3.87. The van der Waals surface area contributed by atoms with Gasteiger partial charge in [-0.15, -0.1) is 0 Å². The van der Waals surface area contributed by atoms with Crippen molar-refractivity contribution in [1.29, 1.82) is 0 Å². The number of piperazine rings is 1. The van der Waals surface area contributed by atoms with Gasteiger partial charge in [0, 0.05) is 45.3 Å². The van der Waals surface area contributed by atoms with Crippen molar-refractivity contribution in [2.24, 2.45) is 0 Å². The van der Waals surface area contributed by atoms with E-state index in [0.29, 0.717) is 6.04 Å². The lowest BCUT2D eigenvalue weighted by Gasteiger charge is -2.39. The van der Waals surface area contributed by atoms with E-state index in [0.717, 1.165) is 65.1 Å². The first-order chi connectivity index (χ1) is 10.9. The number of amides is 1.